The molecule has 0 aliphatic rings. The van der Waals surface area contributed by atoms with Crippen LogP contribution in [0.15, 0.2) is 95.8 Å². The zero-order valence-corrected chi connectivity index (χ0v) is 27.0. The molecule has 2 unspecified atom stereocenters. The van der Waals surface area contributed by atoms with Crippen LogP contribution in [0.25, 0.3) is 0 Å². The number of nitrogens with one attached hydrogen (secondary N) is 1. The number of hydrazone groups is 2. The van der Waals surface area contributed by atoms with E-state index in [-0.39, 0.29) is 5.91 Å². The highest BCUT2D eigenvalue weighted by Crippen LogP contribution is 2.32. The predicted octanol–water partition coefficient (Wildman–Crippen LogP) is 6.51. The van der Waals surface area contributed by atoms with Crippen molar-refractivity contribution in [3.05, 3.63) is 102 Å². The highest BCUT2D eigenvalue weighted by atomic mass is 32.4. The van der Waals surface area contributed by atoms with E-state index >= 15 is 0 Å². The standard InChI is InChI=1S/C29H32N5O4P2S2/c1-5-29(35)30-20-19-23-7-15-27(16-8-23)37-39(41)34(4)32-22-25-11-17-28(18-12-25)38-40(42)33(3)31-21-24-9-13-26(14-10-24)36-6-2/h6-18,21-22H,2,5,19-20H2,1,3-4H3/q+1/p+1/b31-21+,32-22+. The Morgan fingerprint density at radius 3 is 1.74 bits per heavy atom. The van der Waals surface area contributed by atoms with Crippen molar-refractivity contribution in [1.29, 1.82) is 0 Å². The summed E-state index contributed by atoms with van der Waals surface area (Å²) in [5.41, 5.74) is 2.88. The molecule has 1 N–H and O–H groups in total. The molecule has 218 valence electrons. The van der Waals surface area contributed by atoms with Crippen LogP contribution in [-0.2, 0) is 34.8 Å². The molecule has 3 aromatic carbocycles. The zero-order valence-electron chi connectivity index (χ0n) is 23.6. The van der Waals surface area contributed by atoms with Gasteiger partial charge in [-0.05, 0) is 83.8 Å². The summed E-state index contributed by atoms with van der Waals surface area (Å²) in [6.07, 6.45) is 6.04. The number of hydrogen-bond acceptors (Lipinski definition) is 8. The molecule has 0 aliphatic carbocycles. The molecule has 0 radical (unpaired) electrons. The van der Waals surface area contributed by atoms with E-state index in [1.807, 2.05) is 79.7 Å². The summed E-state index contributed by atoms with van der Waals surface area (Å²) in [5.74, 6) is 2.07. The monoisotopic (exact) mass is 641 g/mol. The van der Waals surface area contributed by atoms with Gasteiger partial charge in [-0.15, -0.1) is 10.2 Å². The van der Waals surface area contributed by atoms with Gasteiger partial charge in [0, 0.05) is 13.0 Å². The minimum absolute atomic E-state index is 0.0503. The molecule has 0 heterocycles. The largest absolute Gasteiger partial charge is 0.540 e. The maximum Gasteiger partial charge on any atom is 0.540 e. The highest BCUT2D eigenvalue weighted by molar-refractivity contribution is 8.02. The van der Waals surface area contributed by atoms with Gasteiger partial charge in [0.15, 0.2) is 11.5 Å². The average molecular weight is 642 g/mol. The summed E-state index contributed by atoms with van der Waals surface area (Å²) in [7, 11) is 0.757. The number of benzene rings is 3. The van der Waals surface area contributed by atoms with Gasteiger partial charge in [0.25, 0.3) is 0 Å². The van der Waals surface area contributed by atoms with Crippen LogP contribution in [0.3, 0.4) is 0 Å². The van der Waals surface area contributed by atoms with Crippen LogP contribution in [0.4, 0.5) is 0 Å². The first-order valence-electron chi connectivity index (χ1n) is 13.0. The molecule has 13 heteroatoms. The topological polar surface area (TPSA) is 88.0 Å². The van der Waals surface area contributed by atoms with Gasteiger partial charge in [-0.3, -0.25) is 13.8 Å². The Balaban J connectivity index is 1.45. The van der Waals surface area contributed by atoms with Crippen molar-refractivity contribution in [3.8, 4) is 17.2 Å². The van der Waals surface area contributed by atoms with Crippen molar-refractivity contribution >= 4 is 56.1 Å². The van der Waals surface area contributed by atoms with Gasteiger partial charge in [-0.25, -0.2) is 0 Å². The van der Waals surface area contributed by atoms with Crippen LogP contribution < -0.4 is 19.1 Å². The third-order valence-electron chi connectivity index (χ3n) is 5.55. The number of ether oxygens (including phenoxy) is 1. The second kappa shape index (κ2) is 17.3. The first-order valence-corrected chi connectivity index (χ1v) is 17.4. The molecule has 1 amide bonds. The van der Waals surface area contributed by atoms with E-state index in [2.05, 4.69) is 22.1 Å². The van der Waals surface area contributed by atoms with Crippen molar-refractivity contribution in [3.63, 3.8) is 0 Å². The summed E-state index contributed by atoms with van der Waals surface area (Å²) in [5, 5.41) is 11.7. The first-order chi connectivity index (χ1) is 20.3. The quantitative estimate of drug-likeness (QED) is 0.0820. The van der Waals surface area contributed by atoms with Gasteiger partial charge < -0.3 is 10.1 Å². The minimum Gasteiger partial charge on any atom is -0.466 e. The van der Waals surface area contributed by atoms with Gasteiger partial charge in [-0.2, -0.15) is 0 Å². The smallest absolute Gasteiger partial charge is 0.466 e. The zero-order chi connectivity index (χ0) is 30.3. The van der Waals surface area contributed by atoms with Crippen molar-refractivity contribution in [2.75, 3.05) is 20.6 Å². The Kier molecular flexibility index (Phi) is 13.5. The Labute approximate surface area is 259 Å². The second-order valence-corrected chi connectivity index (χ2v) is 13.0. The van der Waals surface area contributed by atoms with E-state index < -0.39 is 14.1 Å². The van der Waals surface area contributed by atoms with E-state index in [1.54, 1.807) is 36.1 Å². The molecule has 0 spiro atoms. The second-order valence-electron chi connectivity index (χ2n) is 8.65. The Hall–Kier alpha value is -3.75. The number of rotatable bonds is 16. The molecule has 0 bridgehead atoms. The predicted molar refractivity (Wildman–Crippen MR) is 178 cm³/mol. The van der Waals surface area contributed by atoms with Gasteiger partial charge in [0.05, 0.1) is 32.8 Å². The van der Waals surface area contributed by atoms with E-state index in [0.717, 1.165) is 23.1 Å². The molecular weight excluding hydrogens is 608 g/mol. The van der Waals surface area contributed by atoms with Crippen LogP contribution in [0.5, 0.6) is 17.2 Å². The lowest BCUT2D eigenvalue weighted by Gasteiger charge is -2.05. The Bertz CT molecular complexity index is 1420. The molecule has 2 atom stereocenters. The van der Waals surface area contributed by atoms with E-state index in [0.29, 0.717) is 30.2 Å². The molecule has 0 aromatic heterocycles. The molecule has 42 heavy (non-hydrogen) atoms. The Morgan fingerprint density at radius 1 is 0.833 bits per heavy atom. The summed E-state index contributed by atoms with van der Waals surface area (Å²) < 4.78 is 20.3. The maximum atomic E-state index is 11.4. The van der Waals surface area contributed by atoms with Crippen LogP contribution in [0.1, 0.15) is 30.0 Å². The van der Waals surface area contributed by atoms with Gasteiger partial charge in [0.1, 0.15) is 5.75 Å². The summed E-state index contributed by atoms with van der Waals surface area (Å²) in [6, 6.07) is 22.6. The molecule has 3 rings (SSSR count). The summed E-state index contributed by atoms with van der Waals surface area (Å²) >= 11 is 11.0. The lowest BCUT2D eigenvalue weighted by Crippen LogP contribution is -2.24. The number of nitrogens with zero attached hydrogens (tertiary/aromatic N) is 4. The van der Waals surface area contributed by atoms with Crippen molar-refractivity contribution < 1.29 is 18.6 Å². The first kappa shape index (κ1) is 32.8. The minimum atomic E-state index is -1.40. The lowest BCUT2D eigenvalue weighted by molar-refractivity contribution is -0.120. The average Bonchev–Trinajstić information content (AvgIpc) is 3.00. The van der Waals surface area contributed by atoms with Crippen molar-refractivity contribution in [2.45, 2.75) is 19.8 Å². The molecule has 0 saturated carbocycles. The molecular formula is C29H33N5O4P2S2+2. The fourth-order valence-electron chi connectivity index (χ4n) is 3.21. The Morgan fingerprint density at radius 2 is 1.29 bits per heavy atom. The van der Waals surface area contributed by atoms with Crippen LogP contribution in [0, 0.1) is 0 Å². The molecule has 9 nitrogen and oxygen atoms in total. The van der Waals surface area contributed by atoms with Crippen molar-refractivity contribution in [1.82, 2.24) is 14.9 Å². The lowest BCUT2D eigenvalue weighted by atomic mass is 10.1. The SMILES string of the molecule is C=COc1ccc(/C=N/N(C)[P+](=S)Oc2ccc(/C=N/N(C)[P+](=S)Oc3ccc(CCNC(=O)CC)cc3)cc2)cc1. The van der Waals surface area contributed by atoms with Crippen molar-refractivity contribution in [2.24, 2.45) is 10.2 Å². The third-order valence-corrected chi connectivity index (χ3v) is 9.30. The van der Waals surface area contributed by atoms with Crippen LogP contribution >= 0.6 is 14.1 Å². The van der Waals surface area contributed by atoms with Gasteiger partial charge in [0.2, 0.25) is 29.5 Å². The van der Waals surface area contributed by atoms with E-state index in [1.165, 1.54) is 6.26 Å². The number of hydrogen-bond donors (Lipinski definition) is 1. The van der Waals surface area contributed by atoms with Crippen LogP contribution in [-0.4, -0.2) is 48.5 Å². The van der Waals surface area contributed by atoms with Crippen LogP contribution in [0.2, 0.25) is 0 Å². The molecule has 0 fully saturated rings. The highest BCUT2D eigenvalue weighted by Gasteiger charge is 2.21. The summed E-state index contributed by atoms with van der Waals surface area (Å²) in [4.78, 5) is 11.4. The molecule has 0 aliphatic heterocycles. The fourth-order valence-corrected chi connectivity index (χ4v) is 5.10. The van der Waals surface area contributed by atoms with Gasteiger partial charge >= 0.3 is 14.1 Å². The fraction of sp³-hybridized carbons (Fsp3) is 0.207. The normalized spacial score (nSPS) is 11.6. The third kappa shape index (κ3) is 11.3. The van der Waals surface area contributed by atoms with Gasteiger partial charge in [-0.1, -0.05) is 35.2 Å². The molecule has 3 aromatic rings. The molecule has 0 saturated heterocycles. The maximum absolute atomic E-state index is 11.4. The van der Waals surface area contributed by atoms with E-state index in [9.17, 15) is 4.79 Å². The van der Waals surface area contributed by atoms with E-state index in [4.69, 9.17) is 37.4 Å². The number of carbonyl (C=O) groups excluding carboxylic acids is 1. The summed E-state index contributed by atoms with van der Waals surface area (Å²) in [6.45, 7) is 5.98. The number of amides is 1. The number of carbonyl (C=O) groups is 1.